The smallest absolute Gasteiger partial charge is 0.326 e. The first-order valence-electron chi connectivity index (χ1n) is 9.89. The number of ketones is 1. The molecule has 2 amide bonds. The molecule has 2 N–H and O–H groups in total. The number of benzene rings is 1. The van der Waals surface area contributed by atoms with Crippen LogP contribution < -0.4 is 5.32 Å². The number of carboxylic acids is 1. The van der Waals surface area contributed by atoms with Crippen molar-refractivity contribution in [2.24, 2.45) is 0 Å². The van der Waals surface area contributed by atoms with Crippen LogP contribution in [-0.2, 0) is 20.8 Å². The molecule has 2 aromatic rings. The van der Waals surface area contributed by atoms with E-state index in [9.17, 15) is 24.3 Å². The number of carbonyl (C=O) groups excluding carboxylic acids is 3. The summed E-state index contributed by atoms with van der Waals surface area (Å²) in [5.74, 6) is -2.09. The minimum Gasteiger partial charge on any atom is -0.480 e. The summed E-state index contributed by atoms with van der Waals surface area (Å²) in [5, 5.41) is 11.9. The fraction of sp³-hybridized carbons (Fsp3) is 0.364. The highest BCUT2D eigenvalue weighted by molar-refractivity contribution is 5.97. The Bertz CT molecular complexity index is 894. The Morgan fingerprint density at radius 2 is 1.87 bits per heavy atom. The molecular formula is C22H24N2O6. The summed E-state index contributed by atoms with van der Waals surface area (Å²) in [4.78, 5) is 50.3. The van der Waals surface area contributed by atoms with Crippen molar-refractivity contribution in [3.8, 4) is 0 Å². The van der Waals surface area contributed by atoms with E-state index in [1.807, 2.05) is 30.3 Å². The first kappa shape index (κ1) is 21.3. The van der Waals surface area contributed by atoms with Crippen molar-refractivity contribution in [1.29, 1.82) is 0 Å². The lowest BCUT2D eigenvalue weighted by atomic mass is 9.99. The number of aliphatic carboxylic acids is 1. The third kappa shape index (κ3) is 5.34. The number of amides is 2. The number of rotatable bonds is 9. The Morgan fingerprint density at radius 3 is 2.53 bits per heavy atom. The molecule has 158 valence electrons. The summed E-state index contributed by atoms with van der Waals surface area (Å²) in [6, 6.07) is 10.7. The number of nitrogens with one attached hydrogen (secondary N) is 1. The van der Waals surface area contributed by atoms with Crippen molar-refractivity contribution in [2.45, 2.75) is 44.2 Å². The van der Waals surface area contributed by atoms with Crippen LogP contribution in [0, 0.1) is 0 Å². The van der Waals surface area contributed by atoms with E-state index >= 15 is 0 Å². The normalized spacial score (nSPS) is 16.8. The van der Waals surface area contributed by atoms with Crippen LogP contribution in [-0.4, -0.2) is 52.2 Å². The average molecular weight is 412 g/mol. The summed E-state index contributed by atoms with van der Waals surface area (Å²) in [6.07, 6.45) is 2.53. The van der Waals surface area contributed by atoms with Crippen LogP contribution in [0.2, 0.25) is 0 Å². The fourth-order valence-corrected chi connectivity index (χ4v) is 3.60. The van der Waals surface area contributed by atoms with Gasteiger partial charge in [-0.15, -0.1) is 0 Å². The lowest BCUT2D eigenvalue weighted by Crippen LogP contribution is -2.43. The van der Waals surface area contributed by atoms with Crippen molar-refractivity contribution >= 4 is 23.6 Å². The molecule has 8 heteroatoms. The van der Waals surface area contributed by atoms with E-state index in [2.05, 4.69) is 5.32 Å². The van der Waals surface area contributed by atoms with Gasteiger partial charge in [0, 0.05) is 19.4 Å². The molecule has 8 nitrogen and oxygen atoms in total. The molecule has 0 unspecified atom stereocenters. The van der Waals surface area contributed by atoms with Crippen LogP contribution in [0.15, 0.2) is 53.1 Å². The van der Waals surface area contributed by atoms with Crippen molar-refractivity contribution in [3.63, 3.8) is 0 Å². The number of nitrogens with zero attached hydrogens (tertiary/aromatic N) is 1. The molecule has 1 aliphatic heterocycles. The molecule has 3 rings (SSSR count). The van der Waals surface area contributed by atoms with Crippen molar-refractivity contribution in [2.75, 3.05) is 6.54 Å². The molecule has 0 spiro atoms. The monoisotopic (exact) mass is 412 g/mol. The Kier molecular flexibility index (Phi) is 7.00. The highest BCUT2D eigenvalue weighted by atomic mass is 16.4. The van der Waals surface area contributed by atoms with Crippen LogP contribution >= 0.6 is 0 Å². The molecule has 1 fully saturated rings. The number of likely N-dealkylation sites (tertiary alicyclic amines) is 1. The van der Waals surface area contributed by atoms with Crippen LogP contribution in [0.4, 0.5) is 0 Å². The maximum atomic E-state index is 12.9. The second-order valence-electron chi connectivity index (χ2n) is 7.24. The summed E-state index contributed by atoms with van der Waals surface area (Å²) in [5.41, 5.74) is 0.868. The van der Waals surface area contributed by atoms with Crippen LogP contribution in [0.1, 0.15) is 41.8 Å². The first-order valence-corrected chi connectivity index (χ1v) is 9.89. The molecule has 1 aromatic carbocycles. The van der Waals surface area contributed by atoms with Crippen molar-refractivity contribution in [1.82, 2.24) is 10.2 Å². The second kappa shape index (κ2) is 9.87. The van der Waals surface area contributed by atoms with Gasteiger partial charge < -0.3 is 19.7 Å². The van der Waals surface area contributed by atoms with Gasteiger partial charge in [0.2, 0.25) is 5.91 Å². The topological polar surface area (TPSA) is 117 Å². The lowest BCUT2D eigenvalue weighted by Gasteiger charge is -2.22. The van der Waals surface area contributed by atoms with Gasteiger partial charge in [0.15, 0.2) is 11.5 Å². The quantitative estimate of drug-likeness (QED) is 0.651. The predicted molar refractivity (Wildman–Crippen MR) is 107 cm³/mol. The Hall–Kier alpha value is -3.42. The number of furan rings is 1. The molecule has 0 radical (unpaired) electrons. The maximum Gasteiger partial charge on any atom is 0.326 e. The Labute approximate surface area is 173 Å². The number of hydrogen-bond acceptors (Lipinski definition) is 5. The van der Waals surface area contributed by atoms with Crippen LogP contribution in [0.25, 0.3) is 0 Å². The van der Waals surface area contributed by atoms with Gasteiger partial charge >= 0.3 is 5.97 Å². The molecular weight excluding hydrogens is 388 g/mol. The highest BCUT2D eigenvalue weighted by Gasteiger charge is 2.34. The zero-order chi connectivity index (χ0) is 21.5. The van der Waals surface area contributed by atoms with Gasteiger partial charge in [-0.1, -0.05) is 30.3 Å². The van der Waals surface area contributed by atoms with Gasteiger partial charge in [0.05, 0.1) is 12.3 Å². The zero-order valence-corrected chi connectivity index (χ0v) is 16.5. The summed E-state index contributed by atoms with van der Waals surface area (Å²) >= 11 is 0. The first-order chi connectivity index (χ1) is 14.5. The zero-order valence-electron chi connectivity index (χ0n) is 16.5. The van der Waals surface area contributed by atoms with E-state index < -0.39 is 24.0 Å². The third-order valence-electron chi connectivity index (χ3n) is 5.17. The lowest BCUT2D eigenvalue weighted by molar-refractivity contribution is -0.148. The standard InChI is InChI=1S/C22H24N2O6/c25-18(10-11-20(26)24-12-4-8-17(24)22(28)29)16(14-15-6-2-1-3-7-15)23-21(27)19-9-5-13-30-19/h1-3,5-7,9,13,16-17H,4,8,10-12,14H2,(H,23,27)(H,28,29)/t16-,17-/m0/s1. The predicted octanol–water partition coefficient (Wildman–Crippen LogP) is 2.05. The van der Waals surface area contributed by atoms with Gasteiger partial charge in [0.1, 0.15) is 6.04 Å². The molecule has 0 saturated carbocycles. The van der Waals surface area contributed by atoms with Gasteiger partial charge in [-0.05, 0) is 37.0 Å². The van der Waals surface area contributed by atoms with Crippen LogP contribution in [0.3, 0.4) is 0 Å². The second-order valence-corrected chi connectivity index (χ2v) is 7.24. The van der Waals surface area contributed by atoms with Gasteiger partial charge in [-0.2, -0.15) is 0 Å². The molecule has 2 atom stereocenters. The van der Waals surface area contributed by atoms with E-state index in [4.69, 9.17) is 4.42 Å². The number of carboxylic acid groups (broad SMARTS) is 1. The van der Waals surface area contributed by atoms with E-state index in [1.165, 1.54) is 17.2 Å². The van der Waals surface area contributed by atoms with Gasteiger partial charge in [-0.25, -0.2) is 4.79 Å². The summed E-state index contributed by atoms with van der Waals surface area (Å²) in [6.45, 7) is 0.382. The summed E-state index contributed by atoms with van der Waals surface area (Å²) < 4.78 is 5.09. The molecule has 1 aliphatic rings. The van der Waals surface area contributed by atoms with Crippen molar-refractivity contribution in [3.05, 3.63) is 60.1 Å². The Balaban J connectivity index is 1.64. The number of hydrogen-bond donors (Lipinski definition) is 2. The number of carbonyl (C=O) groups is 4. The minimum atomic E-state index is -1.03. The average Bonchev–Trinajstić information content (AvgIpc) is 3.44. The minimum absolute atomic E-state index is 0.0857. The molecule has 0 aliphatic carbocycles. The SMILES string of the molecule is O=C(N[C@@H](Cc1ccccc1)C(=O)CCC(=O)N1CCC[C@H]1C(=O)O)c1ccco1. The summed E-state index contributed by atoms with van der Waals surface area (Å²) in [7, 11) is 0. The molecule has 1 saturated heterocycles. The molecule has 1 aromatic heterocycles. The fourth-order valence-electron chi connectivity index (χ4n) is 3.60. The van der Waals surface area contributed by atoms with E-state index in [0.717, 1.165) is 5.56 Å². The molecule has 30 heavy (non-hydrogen) atoms. The number of Topliss-reactive ketones (excluding diaryl/α,β-unsaturated/α-hetero) is 1. The molecule has 2 heterocycles. The largest absolute Gasteiger partial charge is 0.480 e. The van der Waals surface area contributed by atoms with Gasteiger partial charge in [-0.3, -0.25) is 14.4 Å². The maximum absolute atomic E-state index is 12.9. The third-order valence-corrected chi connectivity index (χ3v) is 5.17. The van der Waals surface area contributed by atoms with E-state index in [-0.39, 0.29) is 36.7 Å². The highest BCUT2D eigenvalue weighted by Crippen LogP contribution is 2.19. The van der Waals surface area contributed by atoms with E-state index in [1.54, 1.807) is 6.07 Å². The Morgan fingerprint density at radius 1 is 1.10 bits per heavy atom. The van der Waals surface area contributed by atoms with Crippen LogP contribution in [0.5, 0.6) is 0 Å². The van der Waals surface area contributed by atoms with Crippen molar-refractivity contribution < 1.29 is 28.7 Å². The van der Waals surface area contributed by atoms with E-state index in [0.29, 0.717) is 19.4 Å². The van der Waals surface area contributed by atoms with Gasteiger partial charge in [0.25, 0.3) is 5.91 Å². The molecule has 0 bridgehead atoms.